The lowest BCUT2D eigenvalue weighted by Crippen LogP contribution is -1.96. The maximum atomic E-state index is 5.71. The second-order valence-corrected chi connectivity index (χ2v) is 5.78. The number of hydrogen-bond donors (Lipinski definition) is 0. The molecule has 0 fully saturated rings. The largest absolute Gasteiger partial charge is 0.454 e. The summed E-state index contributed by atoms with van der Waals surface area (Å²) in [4.78, 5) is 0. The first-order valence-corrected chi connectivity index (χ1v) is 8.46. The monoisotopic (exact) mass is 312 g/mol. The van der Waals surface area contributed by atoms with Gasteiger partial charge in [0.2, 0.25) is 6.79 Å². The maximum absolute atomic E-state index is 5.71. The van der Waals surface area contributed by atoms with E-state index in [4.69, 9.17) is 25.8 Å². The first-order valence-electron chi connectivity index (χ1n) is 7.92. The van der Waals surface area contributed by atoms with E-state index in [9.17, 15) is 0 Å². The molecule has 21 heavy (non-hydrogen) atoms. The SMILES string of the molecule is ClCCCCCCCCCOCc1ccc2c(c1)OCO2. The van der Waals surface area contributed by atoms with E-state index in [1.54, 1.807) is 0 Å². The average Bonchev–Trinajstić information content (AvgIpc) is 2.97. The first-order chi connectivity index (χ1) is 10.4. The fourth-order valence-corrected chi connectivity index (χ4v) is 2.59. The van der Waals surface area contributed by atoms with Gasteiger partial charge in [-0.3, -0.25) is 0 Å². The van der Waals surface area contributed by atoms with E-state index >= 15 is 0 Å². The predicted octanol–water partition coefficient (Wildman–Crippen LogP) is 4.90. The molecule has 0 aromatic heterocycles. The second-order valence-electron chi connectivity index (χ2n) is 5.40. The number of benzene rings is 1. The van der Waals surface area contributed by atoms with Crippen LogP contribution in [0.5, 0.6) is 11.5 Å². The molecule has 0 N–H and O–H groups in total. The topological polar surface area (TPSA) is 27.7 Å². The van der Waals surface area contributed by atoms with Gasteiger partial charge in [0.05, 0.1) is 6.61 Å². The Morgan fingerprint density at radius 3 is 2.43 bits per heavy atom. The van der Waals surface area contributed by atoms with Crippen molar-refractivity contribution in [3.63, 3.8) is 0 Å². The summed E-state index contributed by atoms with van der Waals surface area (Å²) in [6.07, 6.45) is 8.74. The van der Waals surface area contributed by atoms with Gasteiger partial charge in [-0.2, -0.15) is 0 Å². The molecule has 0 amide bonds. The summed E-state index contributed by atoms with van der Waals surface area (Å²) in [6, 6.07) is 5.98. The Morgan fingerprint density at radius 2 is 1.62 bits per heavy atom. The molecule has 118 valence electrons. The van der Waals surface area contributed by atoms with Crippen LogP contribution >= 0.6 is 11.6 Å². The van der Waals surface area contributed by atoms with Crippen LogP contribution in [0.4, 0.5) is 0 Å². The van der Waals surface area contributed by atoms with Crippen molar-refractivity contribution in [3.8, 4) is 11.5 Å². The van der Waals surface area contributed by atoms with E-state index < -0.39 is 0 Å². The van der Waals surface area contributed by atoms with E-state index in [2.05, 4.69) is 0 Å². The van der Waals surface area contributed by atoms with Crippen LogP contribution in [-0.2, 0) is 11.3 Å². The fourth-order valence-electron chi connectivity index (χ4n) is 2.40. The number of rotatable bonds is 11. The van der Waals surface area contributed by atoms with Crippen LogP contribution in [0.2, 0.25) is 0 Å². The third kappa shape index (κ3) is 6.15. The molecular weight excluding hydrogens is 288 g/mol. The maximum Gasteiger partial charge on any atom is 0.231 e. The summed E-state index contributed by atoms with van der Waals surface area (Å²) in [7, 11) is 0. The Balaban J connectivity index is 1.47. The summed E-state index contributed by atoms with van der Waals surface area (Å²) < 4.78 is 16.4. The number of fused-ring (bicyclic) bond motifs is 1. The Kier molecular flexibility index (Phi) is 7.76. The van der Waals surface area contributed by atoms with Gasteiger partial charge in [0, 0.05) is 12.5 Å². The molecule has 1 aromatic carbocycles. The zero-order valence-corrected chi connectivity index (χ0v) is 13.4. The molecule has 0 radical (unpaired) electrons. The number of halogens is 1. The van der Waals surface area contributed by atoms with Crippen LogP contribution in [0.1, 0.15) is 50.5 Å². The molecule has 1 aliphatic heterocycles. The molecule has 0 atom stereocenters. The lowest BCUT2D eigenvalue weighted by Gasteiger charge is -2.05. The number of alkyl halides is 1. The highest BCUT2D eigenvalue weighted by Crippen LogP contribution is 2.32. The molecule has 2 rings (SSSR count). The Bertz CT molecular complexity index is 409. The van der Waals surface area contributed by atoms with Gasteiger partial charge in [-0.25, -0.2) is 0 Å². The average molecular weight is 313 g/mol. The summed E-state index contributed by atoms with van der Waals surface area (Å²) in [5.74, 6) is 2.45. The van der Waals surface area contributed by atoms with E-state index in [1.165, 1.54) is 32.1 Å². The van der Waals surface area contributed by atoms with E-state index in [0.717, 1.165) is 42.4 Å². The van der Waals surface area contributed by atoms with Gasteiger partial charge in [0.25, 0.3) is 0 Å². The van der Waals surface area contributed by atoms with Crippen LogP contribution in [0.25, 0.3) is 0 Å². The zero-order valence-electron chi connectivity index (χ0n) is 12.6. The number of hydrogen-bond acceptors (Lipinski definition) is 3. The molecule has 3 nitrogen and oxygen atoms in total. The van der Waals surface area contributed by atoms with Crippen LogP contribution in [0.3, 0.4) is 0 Å². The minimum Gasteiger partial charge on any atom is -0.454 e. The molecule has 0 unspecified atom stereocenters. The van der Waals surface area contributed by atoms with Crippen molar-refractivity contribution in [2.24, 2.45) is 0 Å². The third-order valence-corrected chi connectivity index (χ3v) is 3.90. The van der Waals surface area contributed by atoms with Gasteiger partial charge >= 0.3 is 0 Å². The number of unbranched alkanes of at least 4 members (excludes halogenated alkanes) is 6. The van der Waals surface area contributed by atoms with E-state index in [1.807, 2.05) is 18.2 Å². The molecule has 0 bridgehead atoms. The molecule has 1 heterocycles. The molecule has 0 spiro atoms. The smallest absolute Gasteiger partial charge is 0.231 e. The van der Waals surface area contributed by atoms with Gasteiger partial charge in [-0.1, -0.05) is 38.2 Å². The molecule has 1 aliphatic rings. The highest BCUT2D eigenvalue weighted by Gasteiger charge is 2.12. The zero-order chi connectivity index (χ0) is 14.8. The normalized spacial score (nSPS) is 12.8. The van der Waals surface area contributed by atoms with Crippen LogP contribution in [-0.4, -0.2) is 19.3 Å². The summed E-state index contributed by atoms with van der Waals surface area (Å²) in [5.41, 5.74) is 1.14. The van der Waals surface area contributed by atoms with Gasteiger partial charge < -0.3 is 14.2 Å². The fraction of sp³-hybridized carbons (Fsp3) is 0.647. The van der Waals surface area contributed by atoms with Gasteiger partial charge in [-0.15, -0.1) is 11.6 Å². The molecule has 0 aliphatic carbocycles. The van der Waals surface area contributed by atoms with Crippen LogP contribution in [0.15, 0.2) is 18.2 Å². The highest BCUT2D eigenvalue weighted by molar-refractivity contribution is 6.17. The highest BCUT2D eigenvalue weighted by atomic mass is 35.5. The molecule has 4 heteroatoms. The molecule has 0 saturated carbocycles. The van der Waals surface area contributed by atoms with Crippen molar-refractivity contribution in [3.05, 3.63) is 23.8 Å². The Morgan fingerprint density at radius 1 is 0.905 bits per heavy atom. The minimum absolute atomic E-state index is 0.324. The van der Waals surface area contributed by atoms with E-state index in [0.29, 0.717) is 13.4 Å². The number of ether oxygens (including phenoxy) is 3. The van der Waals surface area contributed by atoms with Crippen molar-refractivity contribution >= 4 is 11.6 Å². The second kappa shape index (κ2) is 9.91. The van der Waals surface area contributed by atoms with Crippen molar-refractivity contribution < 1.29 is 14.2 Å². The van der Waals surface area contributed by atoms with Gasteiger partial charge in [0.1, 0.15) is 0 Å². The lowest BCUT2D eigenvalue weighted by atomic mass is 10.1. The van der Waals surface area contributed by atoms with Crippen LogP contribution in [0, 0.1) is 0 Å². The summed E-state index contributed by atoms with van der Waals surface area (Å²) >= 11 is 5.65. The molecular formula is C17H25ClO3. The van der Waals surface area contributed by atoms with Crippen molar-refractivity contribution in [2.75, 3.05) is 19.3 Å². The van der Waals surface area contributed by atoms with Crippen molar-refractivity contribution in [1.29, 1.82) is 0 Å². The summed E-state index contributed by atoms with van der Waals surface area (Å²) in [6.45, 7) is 1.80. The Hall–Kier alpha value is -0.930. The standard InChI is InChI=1S/C17H25ClO3/c18-10-6-4-2-1-3-5-7-11-19-13-15-8-9-16-17(12-15)21-14-20-16/h8-9,12H,1-7,10-11,13-14H2. The quantitative estimate of drug-likeness (QED) is 0.429. The minimum atomic E-state index is 0.324. The van der Waals surface area contributed by atoms with Crippen LogP contribution < -0.4 is 9.47 Å². The summed E-state index contributed by atoms with van der Waals surface area (Å²) in [5, 5.41) is 0. The lowest BCUT2D eigenvalue weighted by molar-refractivity contribution is 0.116. The molecule has 1 aromatic rings. The third-order valence-electron chi connectivity index (χ3n) is 3.63. The Labute approximate surface area is 132 Å². The van der Waals surface area contributed by atoms with Gasteiger partial charge in [-0.05, 0) is 30.5 Å². The predicted molar refractivity (Wildman–Crippen MR) is 85.3 cm³/mol. The van der Waals surface area contributed by atoms with Crippen molar-refractivity contribution in [1.82, 2.24) is 0 Å². The van der Waals surface area contributed by atoms with Gasteiger partial charge in [0.15, 0.2) is 11.5 Å². The van der Waals surface area contributed by atoms with E-state index in [-0.39, 0.29) is 0 Å². The molecule has 0 saturated heterocycles. The first kappa shape index (κ1) is 16.4. The van der Waals surface area contributed by atoms with Crippen molar-refractivity contribution in [2.45, 2.75) is 51.6 Å².